The highest BCUT2D eigenvalue weighted by Crippen LogP contribution is 2.45. The largest absolute Gasteiger partial charge is 0.140 e. The molecule has 1 aliphatic rings. The summed E-state index contributed by atoms with van der Waals surface area (Å²) in [5.74, 6) is 0.879. The fourth-order valence-electron chi connectivity index (χ4n) is 1.72. The molecule has 0 radical (unpaired) electrons. The van der Waals surface area contributed by atoms with Gasteiger partial charge in [-0.2, -0.15) is 0 Å². The second-order valence-electron chi connectivity index (χ2n) is 4.02. The Balaban J connectivity index is 2.32. The summed E-state index contributed by atoms with van der Waals surface area (Å²) in [6.45, 7) is 8.11. The van der Waals surface area contributed by atoms with Crippen LogP contribution in [0.15, 0.2) is 24.8 Å². The molecule has 1 fully saturated rings. The molecule has 1 aromatic heterocycles. The van der Waals surface area contributed by atoms with E-state index in [0.29, 0.717) is 0 Å². The van der Waals surface area contributed by atoms with Gasteiger partial charge in [-0.15, -0.1) is 11.3 Å². The minimum atomic E-state index is 0.879. The molecule has 74 valence electrons. The lowest BCUT2D eigenvalue weighted by Crippen LogP contribution is -1.74. The minimum Gasteiger partial charge on any atom is -0.140 e. The van der Waals surface area contributed by atoms with Crippen LogP contribution in [0.25, 0.3) is 5.57 Å². The zero-order valence-electron chi connectivity index (χ0n) is 8.84. The molecule has 1 aliphatic carbocycles. The van der Waals surface area contributed by atoms with Gasteiger partial charge in [0.05, 0.1) is 0 Å². The third-order valence-corrected chi connectivity index (χ3v) is 4.18. The van der Waals surface area contributed by atoms with Gasteiger partial charge >= 0.3 is 0 Å². The number of aryl methyl sites for hydroxylation is 1. The van der Waals surface area contributed by atoms with Crippen molar-refractivity contribution >= 4 is 16.9 Å². The summed E-state index contributed by atoms with van der Waals surface area (Å²) in [4.78, 5) is 3.01. The molecule has 0 spiro atoms. The Bertz CT molecular complexity index is 378. The van der Waals surface area contributed by atoms with Crippen LogP contribution >= 0.6 is 11.3 Å². The molecule has 1 aromatic rings. The topological polar surface area (TPSA) is 0 Å². The maximum Gasteiger partial charge on any atom is 0.0331 e. The van der Waals surface area contributed by atoms with Gasteiger partial charge < -0.3 is 0 Å². The molecule has 0 saturated heterocycles. The average molecular weight is 204 g/mol. The summed E-state index contributed by atoms with van der Waals surface area (Å²) in [6.07, 6.45) is 6.74. The van der Waals surface area contributed by atoms with Crippen molar-refractivity contribution in [2.24, 2.45) is 0 Å². The van der Waals surface area contributed by atoms with Gasteiger partial charge in [-0.1, -0.05) is 18.7 Å². The molecule has 0 aliphatic heterocycles. The van der Waals surface area contributed by atoms with Gasteiger partial charge in [0.25, 0.3) is 0 Å². The molecule has 0 atom stereocenters. The molecule has 0 unspecified atom stereocenters. The second kappa shape index (κ2) is 3.74. The van der Waals surface area contributed by atoms with Crippen LogP contribution in [-0.4, -0.2) is 0 Å². The van der Waals surface area contributed by atoms with E-state index in [2.05, 4.69) is 32.6 Å². The maximum absolute atomic E-state index is 3.74. The van der Waals surface area contributed by atoms with E-state index in [4.69, 9.17) is 0 Å². The van der Waals surface area contributed by atoms with Crippen molar-refractivity contribution in [2.75, 3.05) is 0 Å². The monoisotopic (exact) mass is 204 g/mol. The minimum absolute atomic E-state index is 0.879. The molecule has 0 aromatic carbocycles. The molecule has 1 saturated carbocycles. The van der Waals surface area contributed by atoms with Gasteiger partial charge in [0.1, 0.15) is 0 Å². The van der Waals surface area contributed by atoms with Crippen LogP contribution < -0.4 is 0 Å². The first-order chi connectivity index (χ1) is 6.72. The van der Waals surface area contributed by atoms with Gasteiger partial charge in [-0.25, -0.2) is 0 Å². The predicted molar refractivity (Wildman–Crippen MR) is 64.9 cm³/mol. The molecule has 1 heteroatoms. The third-order valence-electron chi connectivity index (χ3n) is 2.64. The first-order valence-corrected chi connectivity index (χ1v) is 5.94. The Morgan fingerprint density at radius 3 is 2.86 bits per heavy atom. The van der Waals surface area contributed by atoms with E-state index in [1.54, 1.807) is 4.88 Å². The highest BCUT2D eigenvalue weighted by atomic mass is 32.1. The van der Waals surface area contributed by atoms with Crippen molar-refractivity contribution in [3.05, 3.63) is 40.1 Å². The van der Waals surface area contributed by atoms with Crippen LogP contribution in [-0.2, 0) is 0 Å². The van der Waals surface area contributed by atoms with Crippen molar-refractivity contribution in [3.8, 4) is 0 Å². The Morgan fingerprint density at radius 2 is 2.29 bits per heavy atom. The average Bonchev–Trinajstić information content (AvgIpc) is 2.91. The van der Waals surface area contributed by atoms with Gasteiger partial charge in [0.2, 0.25) is 0 Å². The van der Waals surface area contributed by atoms with E-state index >= 15 is 0 Å². The molecule has 0 bridgehead atoms. The van der Waals surface area contributed by atoms with Crippen LogP contribution in [0, 0.1) is 6.92 Å². The Morgan fingerprint density at radius 1 is 1.57 bits per heavy atom. The normalized spacial score (nSPS) is 17.1. The molecule has 0 N–H and O–H groups in total. The van der Waals surface area contributed by atoms with E-state index in [1.807, 2.05) is 17.4 Å². The number of hydrogen-bond acceptors (Lipinski definition) is 1. The summed E-state index contributed by atoms with van der Waals surface area (Å²) >= 11 is 1.96. The van der Waals surface area contributed by atoms with Crippen molar-refractivity contribution in [1.82, 2.24) is 0 Å². The number of allylic oxidation sites excluding steroid dienone is 3. The predicted octanol–water partition coefficient (Wildman–Crippen LogP) is 4.52. The summed E-state index contributed by atoms with van der Waals surface area (Å²) in [5.41, 5.74) is 2.77. The first kappa shape index (κ1) is 9.72. The summed E-state index contributed by atoms with van der Waals surface area (Å²) in [7, 11) is 0. The third kappa shape index (κ3) is 1.83. The standard InChI is InChI=1S/C13H16S/c1-4-5-9(2)13-10(3)8-12(14-13)11-6-7-11/h4-5,8,11H,1,6-7H2,2-3H3/b9-5+. The van der Waals surface area contributed by atoms with Crippen molar-refractivity contribution in [1.29, 1.82) is 0 Å². The summed E-state index contributed by atoms with van der Waals surface area (Å²) < 4.78 is 0. The summed E-state index contributed by atoms with van der Waals surface area (Å²) in [5, 5.41) is 0. The molecule has 2 rings (SSSR count). The zero-order valence-corrected chi connectivity index (χ0v) is 9.66. The lowest BCUT2D eigenvalue weighted by atomic mass is 10.1. The van der Waals surface area contributed by atoms with Crippen LogP contribution in [0.5, 0.6) is 0 Å². The van der Waals surface area contributed by atoms with Crippen molar-refractivity contribution < 1.29 is 0 Å². The first-order valence-electron chi connectivity index (χ1n) is 5.12. The van der Waals surface area contributed by atoms with Crippen molar-refractivity contribution in [3.63, 3.8) is 0 Å². The molecular formula is C13H16S. The zero-order chi connectivity index (χ0) is 10.1. The van der Waals surface area contributed by atoms with Crippen LogP contribution in [0.1, 0.15) is 41.0 Å². The fraction of sp³-hybridized carbons (Fsp3) is 0.385. The van der Waals surface area contributed by atoms with E-state index < -0.39 is 0 Å². The van der Waals surface area contributed by atoms with E-state index in [0.717, 1.165) is 5.92 Å². The maximum atomic E-state index is 3.74. The van der Waals surface area contributed by atoms with Gasteiger partial charge in [-0.05, 0) is 49.8 Å². The number of rotatable bonds is 3. The molecule has 14 heavy (non-hydrogen) atoms. The Kier molecular flexibility index (Phi) is 2.60. The molecular weight excluding hydrogens is 188 g/mol. The Hall–Kier alpha value is -0.820. The van der Waals surface area contributed by atoms with Gasteiger partial charge in [0.15, 0.2) is 0 Å². The van der Waals surface area contributed by atoms with Crippen LogP contribution in [0.2, 0.25) is 0 Å². The van der Waals surface area contributed by atoms with E-state index in [9.17, 15) is 0 Å². The Labute approximate surface area is 90.0 Å². The highest BCUT2D eigenvalue weighted by molar-refractivity contribution is 7.13. The number of hydrogen-bond donors (Lipinski definition) is 0. The fourth-order valence-corrected chi connectivity index (χ4v) is 3.04. The lowest BCUT2D eigenvalue weighted by molar-refractivity contribution is 1.18. The van der Waals surface area contributed by atoms with Gasteiger partial charge in [0, 0.05) is 9.75 Å². The smallest absolute Gasteiger partial charge is 0.0331 e. The SMILES string of the molecule is C=C/C=C(\C)c1sc(C2CC2)cc1C. The molecule has 0 nitrogen and oxygen atoms in total. The van der Waals surface area contributed by atoms with Crippen LogP contribution in [0.4, 0.5) is 0 Å². The lowest BCUT2D eigenvalue weighted by Gasteiger charge is -1.96. The van der Waals surface area contributed by atoms with E-state index in [1.165, 1.54) is 28.9 Å². The second-order valence-corrected chi connectivity index (χ2v) is 5.10. The van der Waals surface area contributed by atoms with Crippen molar-refractivity contribution in [2.45, 2.75) is 32.6 Å². The quantitative estimate of drug-likeness (QED) is 0.635. The summed E-state index contributed by atoms with van der Waals surface area (Å²) in [6, 6.07) is 2.36. The van der Waals surface area contributed by atoms with Crippen LogP contribution in [0.3, 0.4) is 0 Å². The molecule has 1 heterocycles. The molecule has 0 amide bonds. The highest BCUT2D eigenvalue weighted by Gasteiger charge is 2.26. The number of thiophene rings is 1. The van der Waals surface area contributed by atoms with E-state index in [-0.39, 0.29) is 0 Å². The van der Waals surface area contributed by atoms with Gasteiger partial charge in [-0.3, -0.25) is 0 Å².